The number of hydrogen-bond donors (Lipinski definition) is 1. The van der Waals surface area contributed by atoms with E-state index in [-0.39, 0.29) is 17.3 Å². The minimum absolute atomic E-state index is 0.148. The van der Waals surface area contributed by atoms with Crippen LogP contribution in [0.15, 0.2) is 47.6 Å². The van der Waals surface area contributed by atoms with Crippen molar-refractivity contribution < 1.29 is 17.9 Å². The molecule has 0 radical (unpaired) electrons. The second-order valence-electron chi connectivity index (χ2n) is 7.74. The van der Waals surface area contributed by atoms with Crippen molar-refractivity contribution in [2.24, 2.45) is 5.92 Å². The Labute approximate surface area is 186 Å². The van der Waals surface area contributed by atoms with Gasteiger partial charge >= 0.3 is 0 Å². The maximum absolute atomic E-state index is 13.3. The van der Waals surface area contributed by atoms with E-state index in [1.807, 2.05) is 12.1 Å². The van der Waals surface area contributed by atoms with Crippen LogP contribution in [0.4, 0.5) is 0 Å². The number of hydrogen-bond acceptors (Lipinski definition) is 7. The number of fused-ring (bicyclic) bond motifs is 1. The summed E-state index contributed by atoms with van der Waals surface area (Å²) < 4.78 is 34.7. The average molecular weight is 459 g/mol. The highest BCUT2D eigenvalue weighted by Crippen LogP contribution is 2.26. The van der Waals surface area contributed by atoms with Gasteiger partial charge in [-0.15, -0.1) is 5.10 Å². The molecule has 0 saturated carbocycles. The number of pyridine rings is 1. The molecular formula is C21H26N6O4S. The first kappa shape index (κ1) is 22.3. The fourth-order valence-electron chi connectivity index (χ4n) is 3.82. The number of ether oxygens (including phenoxy) is 1. The molecule has 2 aromatic heterocycles. The third-order valence-electron chi connectivity index (χ3n) is 5.57. The minimum atomic E-state index is -3.75. The van der Waals surface area contributed by atoms with Gasteiger partial charge in [-0.05, 0) is 42.7 Å². The minimum Gasteiger partial charge on any atom is -0.383 e. The molecule has 0 unspecified atom stereocenters. The van der Waals surface area contributed by atoms with Gasteiger partial charge in [-0.3, -0.25) is 9.78 Å². The van der Waals surface area contributed by atoms with E-state index in [0.717, 1.165) is 11.1 Å². The lowest BCUT2D eigenvalue weighted by molar-refractivity contribution is -0.126. The average Bonchev–Trinajstić information content (AvgIpc) is 3.24. The Balaban J connectivity index is 1.45. The molecule has 1 aromatic carbocycles. The number of sulfonamides is 1. The van der Waals surface area contributed by atoms with E-state index in [4.69, 9.17) is 4.74 Å². The molecule has 1 atom stereocenters. The van der Waals surface area contributed by atoms with Gasteiger partial charge in [-0.2, -0.15) is 4.31 Å². The van der Waals surface area contributed by atoms with Crippen LogP contribution in [0, 0.1) is 5.92 Å². The molecule has 3 aromatic rings. The van der Waals surface area contributed by atoms with E-state index in [2.05, 4.69) is 20.6 Å². The number of carbonyl (C=O) groups excluding carboxylic acids is 1. The number of amides is 1. The van der Waals surface area contributed by atoms with E-state index >= 15 is 0 Å². The highest BCUT2D eigenvalue weighted by atomic mass is 32.2. The SMILES string of the molecule is COCCn1nnc2cc(S(=O)(=O)N3CCC[C@H](C(=O)NCc4cccnc4)C3)ccc21. The molecular weight excluding hydrogens is 432 g/mol. The van der Waals surface area contributed by atoms with Crippen LogP contribution in [0.5, 0.6) is 0 Å². The predicted molar refractivity (Wildman–Crippen MR) is 117 cm³/mol. The van der Waals surface area contributed by atoms with Gasteiger partial charge in [0.1, 0.15) is 5.52 Å². The van der Waals surface area contributed by atoms with Crippen molar-refractivity contribution in [2.45, 2.75) is 30.8 Å². The Morgan fingerprint density at radius 1 is 1.31 bits per heavy atom. The summed E-state index contributed by atoms with van der Waals surface area (Å²) in [7, 11) is -2.15. The Bertz CT molecular complexity index is 1180. The van der Waals surface area contributed by atoms with E-state index in [1.165, 1.54) is 10.4 Å². The number of methoxy groups -OCH3 is 1. The number of rotatable bonds is 8. The highest BCUT2D eigenvalue weighted by molar-refractivity contribution is 7.89. The molecule has 0 spiro atoms. The van der Waals surface area contributed by atoms with Gasteiger partial charge in [0.05, 0.1) is 29.5 Å². The van der Waals surface area contributed by atoms with E-state index in [1.54, 1.807) is 36.3 Å². The highest BCUT2D eigenvalue weighted by Gasteiger charge is 2.33. The molecule has 10 nitrogen and oxygen atoms in total. The summed E-state index contributed by atoms with van der Waals surface area (Å²) in [6.45, 7) is 1.91. The molecule has 3 heterocycles. The van der Waals surface area contributed by atoms with Crippen LogP contribution in [0.1, 0.15) is 18.4 Å². The summed E-state index contributed by atoms with van der Waals surface area (Å²) in [6, 6.07) is 8.50. The summed E-state index contributed by atoms with van der Waals surface area (Å²) in [4.78, 5) is 16.8. The Morgan fingerprint density at radius 3 is 2.97 bits per heavy atom. The van der Waals surface area contributed by atoms with Crippen molar-refractivity contribution in [3.63, 3.8) is 0 Å². The Morgan fingerprint density at radius 2 is 2.19 bits per heavy atom. The predicted octanol–water partition coefficient (Wildman–Crippen LogP) is 1.19. The monoisotopic (exact) mass is 458 g/mol. The molecule has 0 aliphatic carbocycles. The van der Waals surface area contributed by atoms with Crippen LogP contribution in [0.3, 0.4) is 0 Å². The van der Waals surface area contributed by atoms with Crippen molar-refractivity contribution in [1.29, 1.82) is 0 Å². The van der Waals surface area contributed by atoms with Gasteiger partial charge < -0.3 is 10.1 Å². The molecule has 32 heavy (non-hydrogen) atoms. The zero-order valence-electron chi connectivity index (χ0n) is 17.8. The maximum atomic E-state index is 13.3. The number of carbonyl (C=O) groups is 1. The molecule has 1 amide bonds. The van der Waals surface area contributed by atoms with Crippen LogP contribution in [-0.2, 0) is 32.6 Å². The van der Waals surface area contributed by atoms with Crippen molar-refractivity contribution in [3.8, 4) is 0 Å². The van der Waals surface area contributed by atoms with Crippen molar-refractivity contribution in [3.05, 3.63) is 48.3 Å². The lowest BCUT2D eigenvalue weighted by atomic mass is 9.99. The first-order chi connectivity index (χ1) is 15.5. The van der Waals surface area contributed by atoms with Gasteiger partial charge in [-0.25, -0.2) is 13.1 Å². The Hall–Kier alpha value is -2.89. The van der Waals surface area contributed by atoms with E-state index in [9.17, 15) is 13.2 Å². The summed E-state index contributed by atoms with van der Waals surface area (Å²) in [5, 5.41) is 11.1. The van der Waals surface area contributed by atoms with Crippen LogP contribution in [0.25, 0.3) is 11.0 Å². The van der Waals surface area contributed by atoms with E-state index in [0.29, 0.717) is 44.6 Å². The van der Waals surface area contributed by atoms with Gasteiger partial charge in [0, 0.05) is 39.1 Å². The normalized spacial score (nSPS) is 17.5. The standard InChI is InChI=1S/C21H26N6O4S/c1-31-11-10-27-20-7-6-18(12-19(20)24-25-27)32(29,30)26-9-3-5-17(15-26)21(28)23-14-16-4-2-8-22-13-16/h2,4,6-8,12-13,17H,3,5,9-11,14-15H2,1H3,(H,23,28)/t17-/m0/s1. The first-order valence-electron chi connectivity index (χ1n) is 10.5. The molecule has 1 saturated heterocycles. The zero-order chi connectivity index (χ0) is 22.6. The van der Waals surface area contributed by atoms with E-state index < -0.39 is 15.9 Å². The quantitative estimate of drug-likeness (QED) is 0.538. The molecule has 1 aliphatic heterocycles. The summed E-state index contributed by atoms with van der Waals surface area (Å²) in [5.41, 5.74) is 2.14. The van der Waals surface area contributed by atoms with Crippen molar-refractivity contribution >= 4 is 27.0 Å². The second kappa shape index (κ2) is 9.72. The third kappa shape index (κ3) is 4.79. The molecule has 1 N–H and O–H groups in total. The molecule has 1 fully saturated rings. The van der Waals surface area contributed by atoms with Crippen LogP contribution < -0.4 is 5.32 Å². The van der Waals surface area contributed by atoms with Gasteiger partial charge in [-0.1, -0.05) is 11.3 Å². The van der Waals surface area contributed by atoms with Crippen molar-refractivity contribution in [1.82, 2.24) is 29.6 Å². The topological polar surface area (TPSA) is 119 Å². The van der Waals surface area contributed by atoms with Crippen molar-refractivity contribution in [2.75, 3.05) is 26.8 Å². The molecule has 1 aliphatic rings. The smallest absolute Gasteiger partial charge is 0.243 e. The first-order valence-corrected chi connectivity index (χ1v) is 11.9. The summed E-state index contributed by atoms with van der Waals surface area (Å²) >= 11 is 0. The van der Waals surface area contributed by atoms with Gasteiger partial charge in [0.15, 0.2) is 0 Å². The molecule has 170 valence electrons. The van der Waals surface area contributed by atoms with Crippen LogP contribution in [-0.4, -0.2) is 65.4 Å². The van der Waals surface area contributed by atoms with Gasteiger partial charge in [0.25, 0.3) is 0 Å². The number of aromatic nitrogens is 4. The number of nitrogens with zero attached hydrogens (tertiary/aromatic N) is 5. The number of nitrogens with one attached hydrogen (secondary N) is 1. The summed E-state index contributed by atoms with van der Waals surface area (Å²) in [5.74, 6) is -0.542. The maximum Gasteiger partial charge on any atom is 0.243 e. The molecule has 4 rings (SSSR count). The van der Waals surface area contributed by atoms with Crippen LogP contribution in [0.2, 0.25) is 0 Å². The summed E-state index contributed by atoms with van der Waals surface area (Å²) in [6.07, 6.45) is 4.64. The third-order valence-corrected chi connectivity index (χ3v) is 7.44. The largest absolute Gasteiger partial charge is 0.383 e. The Kier molecular flexibility index (Phi) is 6.77. The number of benzene rings is 1. The molecule has 0 bridgehead atoms. The van der Waals surface area contributed by atoms with Crippen LogP contribution >= 0.6 is 0 Å². The number of piperidine rings is 1. The lowest BCUT2D eigenvalue weighted by Crippen LogP contribution is -2.45. The zero-order valence-corrected chi connectivity index (χ0v) is 18.7. The second-order valence-corrected chi connectivity index (χ2v) is 9.68. The van der Waals surface area contributed by atoms with Gasteiger partial charge in [0.2, 0.25) is 15.9 Å². The molecule has 11 heteroatoms. The fourth-order valence-corrected chi connectivity index (χ4v) is 5.36. The lowest BCUT2D eigenvalue weighted by Gasteiger charge is -2.31. The fraction of sp³-hybridized carbons (Fsp3) is 0.429.